The Hall–Kier alpha value is -3.08. The maximum absolute atomic E-state index is 10.5. The van der Waals surface area contributed by atoms with Crippen molar-refractivity contribution in [2.24, 2.45) is 0 Å². The molecule has 0 saturated carbocycles. The van der Waals surface area contributed by atoms with Crippen molar-refractivity contribution in [2.75, 3.05) is 13.2 Å². The van der Waals surface area contributed by atoms with Crippen LogP contribution in [0.3, 0.4) is 0 Å². The fourth-order valence-corrected chi connectivity index (χ4v) is 2.92. The van der Waals surface area contributed by atoms with Crippen molar-refractivity contribution in [1.82, 2.24) is 0 Å². The van der Waals surface area contributed by atoms with Crippen LogP contribution in [0.4, 0.5) is 0 Å². The molecule has 0 atom stereocenters. The van der Waals surface area contributed by atoms with Crippen LogP contribution >= 0.6 is 0 Å². The Labute approximate surface area is 145 Å². The van der Waals surface area contributed by atoms with Gasteiger partial charge in [0.05, 0.1) is 13.2 Å². The molecule has 2 heterocycles. The Morgan fingerprint density at radius 2 is 1.48 bits per heavy atom. The standard InChI is InChI=1S/C11H10O3.C9H8O2/c12-11(13)5-4-8-2-1-3-10-9(8)6-7-14-10;10-6-7-2-1-3-9-8(7)4-5-11-9/h1-5H,6-7H2,(H,12,13);1-3,6H,4-5H2/b5-4+;. The van der Waals surface area contributed by atoms with E-state index in [-0.39, 0.29) is 0 Å². The molecule has 2 aromatic rings. The van der Waals surface area contributed by atoms with Crippen LogP contribution < -0.4 is 9.47 Å². The topological polar surface area (TPSA) is 72.8 Å². The van der Waals surface area contributed by atoms with E-state index in [2.05, 4.69) is 0 Å². The number of hydrogen-bond acceptors (Lipinski definition) is 4. The second kappa shape index (κ2) is 7.66. The van der Waals surface area contributed by atoms with Gasteiger partial charge in [-0.3, -0.25) is 4.79 Å². The summed E-state index contributed by atoms with van der Waals surface area (Å²) >= 11 is 0. The lowest BCUT2D eigenvalue weighted by molar-refractivity contribution is -0.131. The predicted octanol–water partition coefficient (Wildman–Crippen LogP) is 3.15. The Bertz CT molecular complexity index is 823. The quantitative estimate of drug-likeness (QED) is 0.687. The zero-order chi connectivity index (χ0) is 17.6. The Balaban J connectivity index is 0.000000150. The molecular weight excluding hydrogens is 320 g/mol. The number of aldehydes is 1. The fourth-order valence-electron chi connectivity index (χ4n) is 2.92. The van der Waals surface area contributed by atoms with E-state index in [9.17, 15) is 9.59 Å². The summed E-state index contributed by atoms with van der Waals surface area (Å²) in [6, 6.07) is 11.2. The largest absolute Gasteiger partial charge is 0.493 e. The highest BCUT2D eigenvalue weighted by Crippen LogP contribution is 2.29. The fraction of sp³-hybridized carbons (Fsp3) is 0.200. The number of hydrogen-bond donors (Lipinski definition) is 1. The SMILES string of the molecule is O=C(O)/C=C/c1cccc2c1CCO2.O=Cc1cccc2c1CCO2. The number of carboxylic acid groups (broad SMARTS) is 1. The Morgan fingerprint density at radius 3 is 2.04 bits per heavy atom. The summed E-state index contributed by atoms with van der Waals surface area (Å²) in [5, 5.41) is 8.51. The summed E-state index contributed by atoms with van der Waals surface area (Å²) in [7, 11) is 0. The van der Waals surface area contributed by atoms with Gasteiger partial charge >= 0.3 is 5.97 Å². The molecule has 2 aliphatic rings. The Kier molecular flexibility index (Phi) is 5.14. The van der Waals surface area contributed by atoms with E-state index in [1.165, 1.54) is 0 Å². The molecule has 0 aromatic heterocycles. The summed E-state index contributed by atoms with van der Waals surface area (Å²) in [4.78, 5) is 20.9. The van der Waals surface area contributed by atoms with Crippen LogP contribution in [-0.2, 0) is 17.6 Å². The summed E-state index contributed by atoms with van der Waals surface area (Å²) in [6.45, 7) is 1.40. The zero-order valence-corrected chi connectivity index (χ0v) is 13.6. The summed E-state index contributed by atoms with van der Waals surface area (Å²) < 4.78 is 10.6. The molecule has 2 aliphatic heterocycles. The minimum atomic E-state index is -0.929. The van der Waals surface area contributed by atoms with Crippen LogP contribution in [0.25, 0.3) is 6.08 Å². The minimum absolute atomic E-state index is 0.688. The molecule has 0 saturated heterocycles. The molecule has 2 aromatic carbocycles. The molecule has 5 nitrogen and oxygen atoms in total. The first kappa shape index (κ1) is 16.8. The molecule has 0 bridgehead atoms. The molecule has 0 radical (unpaired) electrons. The lowest BCUT2D eigenvalue weighted by Crippen LogP contribution is -1.88. The number of carbonyl (C=O) groups excluding carboxylic acids is 1. The molecule has 5 heteroatoms. The summed E-state index contributed by atoms with van der Waals surface area (Å²) in [5.74, 6) is 0.814. The van der Waals surface area contributed by atoms with Gasteiger partial charge in [-0.2, -0.15) is 0 Å². The van der Waals surface area contributed by atoms with Crippen molar-refractivity contribution in [1.29, 1.82) is 0 Å². The average Bonchev–Trinajstić information content (AvgIpc) is 3.29. The van der Waals surface area contributed by atoms with Crippen molar-refractivity contribution in [3.8, 4) is 11.5 Å². The van der Waals surface area contributed by atoms with Crippen molar-refractivity contribution >= 4 is 18.3 Å². The molecule has 0 aliphatic carbocycles. The van der Waals surface area contributed by atoms with Gasteiger partial charge in [-0.05, 0) is 23.8 Å². The minimum Gasteiger partial charge on any atom is -0.493 e. The third-order valence-electron chi connectivity index (χ3n) is 4.09. The van der Waals surface area contributed by atoms with Crippen LogP contribution in [0.5, 0.6) is 11.5 Å². The van der Waals surface area contributed by atoms with Crippen molar-refractivity contribution in [3.63, 3.8) is 0 Å². The van der Waals surface area contributed by atoms with Crippen LogP contribution in [0.1, 0.15) is 27.0 Å². The molecule has 4 rings (SSSR count). The van der Waals surface area contributed by atoms with Gasteiger partial charge < -0.3 is 14.6 Å². The monoisotopic (exact) mass is 338 g/mol. The normalized spacial score (nSPS) is 13.9. The first-order valence-corrected chi connectivity index (χ1v) is 8.04. The highest BCUT2D eigenvalue weighted by molar-refractivity contribution is 5.85. The van der Waals surface area contributed by atoms with E-state index in [1.54, 1.807) is 6.08 Å². The van der Waals surface area contributed by atoms with Gasteiger partial charge in [0.1, 0.15) is 17.8 Å². The van der Waals surface area contributed by atoms with Gasteiger partial charge in [0.15, 0.2) is 0 Å². The molecular formula is C20H18O5. The molecule has 0 amide bonds. The number of carbonyl (C=O) groups is 2. The van der Waals surface area contributed by atoms with Gasteiger partial charge in [-0.15, -0.1) is 0 Å². The van der Waals surface area contributed by atoms with Gasteiger partial charge in [-0.1, -0.05) is 24.3 Å². The molecule has 0 unspecified atom stereocenters. The molecule has 128 valence electrons. The first-order valence-electron chi connectivity index (χ1n) is 8.04. The van der Waals surface area contributed by atoms with E-state index >= 15 is 0 Å². The van der Waals surface area contributed by atoms with E-state index in [0.29, 0.717) is 13.2 Å². The van der Waals surface area contributed by atoms with Crippen LogP contribution in [0.2, 0.25) is 0 Å². The lowest BCUT2D eigenvalue weighted by Gasteiger charge is -2.00. The third kappa shape index (κ3) is 3.88. The number of ether oxygens (including phenoxy) is 2. The molecule has 0 spiro atoms. The number of aliphatic carboxylic acids is 1. The molecule has 25 heavy (non-hydrogen) atoms. The highest BCUT2D eigenvalue weighted by atomic mass is 16.5. The van der Waals surface area contributed by atoms with E-state index in [1.807, 2.05) is 36.4 Å². The molecule has 0 fully saturated rings. The second-order valence-corrected chi connectivity index (χ2v) is 5.63. The highest BCUT2D eigenvalue weighted by Gasteiger charge is 2.15. The van der Waals surface area contributed by atoms with Gasteiger partial charge in [0.25, 0.3) is 0 Å². The number of carboxylic acids is 1. The summed E-state index contributed by atoms with van der Waals surface area (Å²) in [6.07, 6.45) is 5.36. The summed E-state index contributed by atoms with van der Waals surface area (Å²) in [5.41, 5.74) is 3.86. The van der Waals surface area contributed by atoms with Gasteiger partial charge in [0.2, 0.25) is 0 Å². The first-order chi connectivity index (χ1) is 12.2. The number of benzene rings is 2. The van der Waals surface area contributed by atoms with Gasteiger partial charge in [0, 0.05) is 35.6 Å². The maximum atomic E-state index is 10.5. The van der Waals surface area contributed by atoms with Crippen molar-refractivity contribution in [2.45, 2.75) is 12.8 Å². The van der Waals surface area contributed by atoms with E-state index in [4.69, 9.17) is 14.6 Å². The van der Waals surface area contributed by atoms with Crippen LogP contribution in [-0.4, -0.2) is 30.6 Å². The van der Waals surface area contributed by atoms with Crippen LogP contribution in [0, 0.1) is 0 Å². The predicted molar refractivity (Wildman–Crippen MR) is 93.3 cm³/mol. The number of rotatable bonds is 3. The van der Waals surface area contributed by atoms with Gasteiger partial charge in [-0.25, -0.2) is 4.79 Å². The third-order valence-corrected chi connectivity index (χ3v) is 4.09. The van der Waals surface area contributed by atoms with Crippen molar-refractivity contribution < 1.29 is 24.2 Å². The average molecular weight is 338 g/mol. The maximum Gasteiger partial charge on any atom is 0.328 e. The smallest absolute Gasteiger partial charge is 0.328 e. The zero-order valence-electron chi connectivity index (χ0n) is 13.6. The molecule has 1 N–H and O–H groups in total. The van der Waals surface area contributed by atoms with E-state index in [0.717, 1.165) is 59.0 Å². The Morgan fingerprint density at radius 1 is 0.920 bits per heavy atom. The van der Waals surface area contributed by atoms with Crippen LogP contribution in [0.15, 0.2) is 42.5 Å². The van der Waals surface area contributed by atoms with Crippen molar-refractivity contribution in [3.05, 3.63) is 64.7 Å². The number of fused-ring (bicyclic) bond motifs is 2. The van der Waals surface area contributed by atoms with E-state index < -0.39 is 5.97 Å². The second-order valence-electron chi connectivity index (χ2n) is 5.63. The lowest BCUT2D eigenvalue weighted by atomic mass is 10.0.